The first kappa shape index (κ1) is 12.1. The fourth-order valence-electron chi connectivity index (χ4n) is 2.34. The fourth-order valence-corrected chi connectivity index (χ4v) is 2.34. The van der Waals surface area contributed by atoms with Crippen molar-refractivity contribution >= 4 is 5.82 Å². The molecule has 17 heavy (non-hydrogen) atoms. The van der Waals surface area contributed by atoms with Crippen LogP contribution in [0, 0.1) is 0 Å². The number of hydrogen-bond donors (Lipinski definition) is 1. The molecule has 4 nitrogen and oxygen atoms in total. The van der Waals surface area contributed by atoms with Crippen molar-refractivity contribution in [2.75, 3.05) is 5.32 Å². The van der Waals surface area contributed by atoms with Crippen molar-refractivity contribution in [3.8, 4) is 0 Å². The molecule has 1 N–H and O–H groups in total. The van der Waals surface area contributed by atoms with Gasteiger partial charge in [-0.15, -0.1) is 0 Å². The van der Waals surface area contributed by atoms with E-state index in [1.807, 2.05) is 13.8 Å². The van der Waals surface area contributed by atoms with Crippen LogP contribution in [0.3, 0.4) is 0 Å². The second-order valence-electron chi connectivity index (χ2n) is 5.19. The largest absolute Gasteiger partial charge is 0.360 e. The zero-order valence-electron chi connectivity index (χ0n) is 10.9. The summed E-state index contributed by atoms with van der Waals surface area (Å²) in [6.07, 6.45) is 8.02. The minimum absolute atomic E-state index is 0.0118. The lowest BCUT2D eigenvalue weighted by Gasteiger charge is -2.42. The zero-order valence-corrected chi connectivity index (χ0v) is 10.9. The van der Waals surface area contributed by atoms with Gasteiger partial charge in [0.1, 0.15) is 0 Å². The SMILES string of the molecule is CCC1(Nc2nccn(C(C)C)c2=O)CCC1. The second-order valence-corrected chi connectivity index (χ2v) is 5.19. The summed E-state index contributed by atoms with van der Waals surface area (Å²) in [6.45, 7) is 6.17. The van der Waals surface area contributed by atoms with Crippen LogP contribution in [0.15, 0.2) is 17.2 Å². The molecule has 0 aliphatic heterocycles. The molecule has 0 atom stereocenters. The first-order valence-electron chi connectivity index (χ1n) is 6.43. The molecule has 0 bridgehead atoms. The number of hydrogen-bond acceptors (Lipinski definition) is 3. The third-order valence-electron chi connectivity index (χ3n) is 3.80. The molecule has 0 amide bonds. The van der Waals surface area contributed by atoms with E-state index in [1.165, 1.54) is 6.42 Å². The van der Waals surface area contributed by atoms with Gasteiger partial charge in [0, 0.05) is 24.0 Å². The smallest absolute Gasteiger partial charge is 0.293 e. The molecule has 0 unspecified atom stereocenters. The van der Waals surface area contributed by atoms with E-state index in [4.69, 9.17) is 0 Å². The highest BCUT2D eigenvalue weighted by Gasteiger charge is 2.35. The van der Waals surface area contributed by atoms with Crippen LogP contribution in [-0.2, 0) is 0 Å². The van der Waals surface area contributed by atoms with Crippen molar-refractivity contribution in [2.24, 2.45) is 0 Å². The van der Waals surface area contributed by atoms with Gasteiger partial charge in [0.2, 0.25) is 0 Å². The molecule has 1 aromatic heterocycles. The molecular weight excluding hydrogens is 214 g/mol. The predicted molar refractivity (Wildman–Crippen MR) is 69.4 cm³/mol. The minimum Gasteiger partial charge on any atom is -0.360 e. The van der Waals surface area contributed by atoms with E-state index < -0.39 is 0 Å². The molecule has 94 valence electrons. The van der Waals surface area contributed by atoms with Crippen LogP contribution in [0.2, 0.25) is 0 Å². The van der Waals surface area contributed by atoms with Crippen LogP contribution >= 0.6 is 0 Å². The molecule has 1 aliphatic rings. The van der Waals surface area contributed by atoms with Crippen molar-refractivity contribution < 1.29 is 0 Å². The summed E-state index contributed by atoms with van der Waals surface area (Å²) in [5, 5.41) is 3.36. The first-order valence-corrected chi connectivity index (χ1v) is 6.43. The molecule has 2 rings (SSSR count). The summed E-state index contributed by atoms with van der Waals surface area (Å²) >= 11 is 0. The zero-order chi connectivity index (χ0) is 12.5. The molecule has 1 fully saturated rings. The lowest BCUT2D eigenvalue weighted by molar-refractivity contribution is 0.268. The maximum absolute atomic E-state index is 12.2. The Morgan fingerprint density at radius 3 is 2.71 bits per heavy atom. The molecular formula is C13H21N3O. The minimum atomic E-state index is -0.0118. The third kappa shape index (κ3) is 2.21. The van der Waals surface area contributed by atoms with Gasteiger partial charge in [-0.1, -0.05) is 6.92 Å². The topological polar surface area (TPSA) is 46.9 Å². The van der Waals surface area contributed by atoms with Gasteiger partial charge in [-0.2, -0.15) is 0 Å². The monoisotopic (exact) mass is 235 g/mol. The van der Waals surface area contributed by atoms with Crippen LogP contribution in [0.1, 0.15) is 52.5 Å². The Balaban J connectivity index is 2.27. The van der Waals surface area contributed by atoms with Crippen LogP contribution in [0.5, 0.6) is 0 Å². The van der Waals surface area contributed by atoms with Crippen molar-refractivity contribution in [3.63, 3.8) is 0 Å². The van der Waals surface area contributed by atoms with Crippen LogP contribution in [-0.4, -0.2) is 15.1 Å². The van der Waals surface area contributed by atoms with E-state index in [2.05, 4.69) is 17.2 Å². The average Bonchev–Trinajstić information content (AvgIpc) is 2.25. The Morgan fingerprint density at radius 1 is 1.53 bits per heavy atom. The van der Waals surface area contributed by atoms with E-state index >= 15 is 0 Å². The molecule has 0 saturated heterocycles. The highest BCUT2D eigenvalue weighted by molar-refractivity contribution is 5.36. The van der Waals surface area contributed by atoms with E-state index in [0.717, 1.165) is 19.3 Å². The Labute approximate surface area is 102 Å². The Hall–Kier alpha value is -1.32. The van der Waals surface area contributed by atoms with E-state index in [1.54, 1.807) is 17.0 Å². The Morgan fingerprint density at radius 2 is 2.24 bits per heavy atom. The quantitative estimate of drug-likeness (QED) is 0.872. The van der Waals surface area contributed by atoms with E-state index in [9.17, 15) is 4.79 Å². The maximum atomic E-state index is 12.2. The average molecular weight is 235 g/mol. The standard InChI is InChI=1S/C13H21N3O/c1-4-13(6-5-7-13)15-11-12(17)16(10(2)3)9-8-14-11/h8-10H,4-7H2,1-3H3,(H,14,15). The summed E-state index contributed by atoms with van der Waals surface area (Å²) in [5.41, 5.74) is 0.102. The highest BCUT2D eigenvalue weighted by Crippen LogP contribution is 2.36. The summed E-state index contributed by atoms with van der Waals surface area (Å²) in [5.74, 6) is 0.503. The Kier molecular flexibility index (Phi) is 3.22. The number of anilines is 1. The lowest BCUT2D eigenvalue weighted by atomic mass is 9.75. The number of rotatable bonds is 4. The molecule has 1 aromatic rings. The molecule has 0 radical (unpaired) electrons. The maximum Gasteiger partial charge on any atom is 0.293 e. The molecule has 1 aliphatic carbocycles. The van der Waals surface area contributed by atoms with Gasteiger partial charge in [-0.05, 0) is 39.5 Å². The summed E-state index contributed by atoms with van der Waals surface area (Å²) in [7, 11) is 0. The van der Waals surface area contributed by atoms with Crippen molar-refractivity contribution in [1.29, 1.82) is 0 Å². The summed E-state index contributed by atoms with van der Waals surface area (Å²) in [4.78, 5) is 16.4. The molecule has 0 spiro atoms. The summed E-state index contributed by atoms with van der Waals surface area (Å²) < 4.78 is 1.72. The number of aromatic nitrogens is 2. The van der Waals surface area contributed by atoms with Gasteiger partial charge >= 0.3 is 0 Å². The molecule has 0 aromatic carbocycles. The van der Waals surface area contributed by atoms with Crippen LogP contribution < -0.4 is 10.9 Å². The van der Waals surface area contributed by atoms with Gasteiger partial charge in [0.05, 0.1) is 0 Å². The third-order valence-corrected chi connectivity index (χ3v) is 3.80. The highest BCUT2D eigenvalue weighted by atomic mass is 16.1. The van der Waals surface area contributed by atoms with Gasteiger partial charge in [-0.25, -0.2) is 4.98 Å². The fraction of sp³-hybridized carbons (Fsp3) is 0.692. The Bertz CT molecular complexity index is 441. The van der Waals surface area contributed by atoms with Gasteiger partial charge < -0.3 is 9.88 Å². The predicted octanol–water partition coefficient (Wildman–Crippen LogP) is 2.57. The van der Waals surface area contributed by atoms with Crippen molar-refractivity contribution in [2.45, 2.75) is 58.0 Å². The number of nitrogens with one attached hydrogen (secondary N) is 1. The summed E-state index contributed by atoms with van der Waals surface area (Å²) in [6, 6.07) is 0.171. The lowest BCUT2D eigenvalue weighted by Crippen LogP contribution is -2.46. The van der Waals surface area contributed by atoms with Crippen LogP contribution in [0.4, 0.5) is 5.82 Å². The van der Waals surface area contributed by atoms with E-state index in [0.29, 0.717) is 5.82 Å². The molecule has 4 heteroatoms. The first-order chi connectivity index (χ1) is 8.08. The van der Waals surface area contributed by atoms with E-state index in [-0.39, 0.29) is 17.1 Å². The second kappa shape index (κ2) is 4.51. The van der Waals surface area contributed by atoms with Crippen molar-refractivity contribution in [1.82, 2.24) is 9.55 Å². The van der Waals surface area contributed by atoms with Gasteiger partial charge in [0.25, 0.3) is 5.56 Å². The van der Waals surface area contributed by atoms with Crippen molar-refractivity contribution in [3.05, 3.63) is 22.7 Å². The number of nitrogens with zero attached hydrogens (tertiary/aromatic N) is 2. The molecule has 1 saturated carbocycles. The van der Waals surface area contributed by atoms with Gasteiger partial charge in [-0.3, -0.25) is 4.79 Å². The normalized spacial score (nSPS) is 17.9. The van der Waals surface area contributed by atoms with Gasteiger partial charge in [0.15, 0.2) is 5.82 Å². The molecule has 1 heterocycles. The van der Waals surface area contributed by atoms with Crippen LogP contribution in [0.25, 0.3) is 0 Å².